The highest BCUT2D eigenvalue weighted by Gasteiger charge is 2.48. The zero-order valence-corrected chi connectivity index (χ0v) is 14.8. The maximum absolute atomic E-state index is 13.2. The molecule has 1 N–H and O–H groups in total. The van der Waals surface area contributed by atoms with Crippen LogP contribution in [0.5, 0.6) is 5.75 Å². The van der Waals surface area contributed by atoms with Crippen LogP contribution in [0.2, 0.25) is 0 Å². The van der Waals surface area contributed by atoms with Crippen molar-refractivity contribution in [2.24, 2.45) is 0 Å². The van der Waals surface area contributed by atoms with Crippen LogP contribution < -0.4 is 4.18 Å². The Morgan fingerprint density at radius 3 is 2.36 bits per heavy atom. The Labute approximate surface area is 157 Å². The molecular weight excluding hydrogens is 406 g/mol. The first-order chi connectivity index (χ1) is 13.0. The lowest BCUT2D eigenvalue weighted by Gasteiger charge is -2.36. The molecule has 0 saturated carbocycles. The van der Waals surface area contributed by atoms with Gasteiger partial charge in [0.2, 0.25) is 0 Å². The number of carbonyl (C=O) groups is 1. The number of halogens is 4. The highest BCUT2D eigenvalue weighted by molar-refractivity contribution is 7.88. The maximum atomic E-state index is 13.2. The van der Waals surface area contributed by atoms with Gasteiger partial charge < -0.3 is 9.29 Å². The van der Waals surface area contributed by atoms with Crippen molar-refractivity contribution in [3.8, 4) is 5.75 Å². The molecule has 1 heterocycles. The fraction of sp³-hybridized carbons (Fsp3) is 0.235. The predicted molar refractivity (Wildman–Crippen MR) is 88.7 cm³/mol. The standard InChI is InChI=1S/C17H13F4NO5S/c18-12-4-1-11(2-5-12)15-14-9-13(27-28(25,26)17(19,20)21)6-3-10(14)7-8-22(15)16(23)24/h1-6,9,15H,7-8H2,(H,23,24)/t15-/m0/s1. The molecule has 150 valence electrons. The van der Waals surface area contributed by atoms with Crippen molar-refractivity contribution in [3.05, 3.63) is 65.0 Å². The third kappa shape index (κ3) is 3.75. The van der Waals surface area contributed by atoms with E-state index in [0.717, 1.165) is 29.2 Å². The highest BCUT2D eigenvalue weighted by atomic mass is 32.2. The minimum Gasteiger partial charge on any atom is -0.465 e. The molecule has 2 aromatic rings. The lowest BCUT2D eigenvalue weighted by Crippen LogP contribution is -2.39. The first kappa shape index (κ1) is 19.9. The number of amides is 1. The average molecular weight is 419 g/mol. The molecule has 1 aliphatic heterocycles. The highest BCUT2D eigenvalue weighted by Crippen LogP contribution is 2.38. The van der Waals surface area contributed by atoms with E-state index in [0.29, 0.717) is 11.1 Å². The van der Waals surface area contributed by atoms with E-state index in [1.807, 2.05) is 0 Å². The Kier molecular flexibility index (Phi) is 4.96. The largest absolute Gasteiger partial charge is 0.534 e. The van der Waals surface area contributed by atoms with Gasteiger partial charge in [-0.1, -0.05) is 18.2 Å². The van der Waals surface area contributed by atoms with E-state index in [2.05, 4.69) is 4.18 Å². The van der Waals surface area contributed by atoms with Crippen molar-refractivity contribution in [3.63, 3.8) is 0 Å². The summed E-state index contributed by atoms with van der Waals surface area (Å²) in [6.07, 6.45) is -1.01. The third-order valence-electron chi connectivity index (χ3n) is 4.27. The van der Waals surface area contributed by atoms with Gasteiger partial charge in [0.15, 0.2) is 0 Å². The topological polar surface area (TPSA) is 83.9 Å². The first-order valence-corrected chi connectivity index (χ1v) is 9.29. The van der Waals surface area contributed by atoms with E-state index in [9.17, 15) is 35.9 Å². The molecule has 6 nitrogen and oxygen atoms in total. The number of hydrogen-bond donors (Lipinski definition) is 1. The minimum atomic E-state index is -5.87. The number of hydrogen-bond acceptors (Lipinski definition) is 4. The second-order valence-electron chi connectivity index (χ2n) is 6.02. The van der Waals surface area contributed by atoms with Gasteiger partial charge in [0.05, 0.1) is 6.04 Å². The van der Waals surface area contributed by atoms with Crippen molar-refractivity contribution in [2.45, 2.75) is 18.0 Å². The molecule has 0 saturated heterocycles. The molecule has 2 aromatic carbocycles. The zero-order chi connectivity index (χ0) is 20.7. The Bertz CT molecular complexity index is 1010. The number of alkyl halides is 3. The molecule has 1 aliphatic rings. The molecule has 0 fully saturated rings. The van der Waals surface area contributed by atoms with Crippen molar-refractivity contribution in [1.82, 2.24) is 4.90 Å². The fourth-order valence-electron chi connectivity index (χ4n) is 3.03. The summed E-state index contributed by atoms with van der Waals surface area (Å²) in [5.41, 5.74) is -4.36. The summed E-state index contributed by atoms with van der Waals surface area (Å²) in [7, 11) is -5.87. The summed E-state index contributed by atoms with van der Waals surface area (Å²) in [4.78, 5) is 12.7. The minimum absolute atomic E-state index is 0.103. The summed E-state index contributed by atoms with van der Waals surface area (Å²) in [6, 6.07) is 7.50. The first-order valence-electron chi connectivity index (χ1n) is 7.88. The summed E-state index contributed by atoms with van der Waals surface area (Å²) in [5.74, 6) is -1.15. The quantitative estimate of drug-likeness (QED) is 0.466. The van der Waals surface area contributed by atoms with Crippen LogP contribution in [0.4, 0.5) is 22.4 Å². The number of carboxylic acid groups (broad SMARTS) is 1. The van der Waals surface area contributed by atoms with Gasteiger partial charge in [0.1, 0.15) is 11.6 Å². The van der Waals surface area contributed by atoms with Gasteiger partial charge in [-0.3, -0.25) is 4.90 Å². The normalized spacial score (nSPS) is 17.1. The van der Waals surface area contributed by atoms with Crippen LogP contribution in [0.1, 0.15) is 22.7 Å². The molecule has 0 bridgehead atoms. The van der Waals surface area contributed by atoms with Crippen LogP contribution in [0.15, 0.2) is 42.5 Å². The van der Waals surface area contributed by atoms with Gasteiger partial charge in [-0.15, -0.1) is 0 Å². The number of benzene rings is 2. The molecule has 0 unspecified atom stereocenters. The average Bonchev–Trinajstić information content (AvgIpc) is 2.60. The van der Waals surface area contributed by atoms with E-state index in [1.54, 1.807) is 0 Å². The maximum Gasteiger partial charge on any atom is 0.534 e. The lowest BCUT2D eigenvalue weighted by molar-refractivity contribution is -0.0500. The van der Waals surface area contributed by atoms with Gasteiger partial charge >= 0.3 is 21.7 Å². The fourth-order valence-corrected chi connectivity index (χ4v) is 3.48. The van der Waals surface area contributed by atoms with Crippen LogP contribution in [-0.4, -0.2) is 36.6 Å². The third-order valence-corrected chi connectivity index (χ3v) is 5.25. The van der Waals surface area contributed by atoms with Gasteiger partial charge in [-0.2, -0.15) is 21.6 Å². The lowest BCUT2D eigenvalue weighted by atomic mass is 9.88. The van der Waals surface area contributed by atoms with E-state index < -0.39 is 39.3 Å². The van der Waals surface area contributed by atoms with E-state index in [1.165, 1.54) is 18.2 Å². The van der Waals surface area contributed by atoms with Gasteiger partial charge in [-0.25, -0.2) is 9.18 Å². The Morgan fingerprint density at radius 1 is 1.14 bits per heavy atom. The molecule has 3 rings (SSSR count). The molecule has 28 heavy (non-hydrogen) atoms. The van der Waals surface area contributed by atoms with Crippen molar-refractivity contribution >= 4 is 16.2 Å². The molecule has 11 heteroatoms. The molecule has 0 radical (unpaired) electrons. The number of fused-ring (bicyclic) bond motifs is 1. The number of nitrogens with zero attached hydrogens (tertiary/aromatic N) is 1. The Hall–Kier alpha value is -2.82. The van der Waals surface area contributed by atoms with Gasteiger partial charge in [0.25, 0.3) is 0 Å². The van der Waals surface area contributed by atoms with E-state index in [4.69, 9.17) is 0 Å². The Morgan fingerprint density at radius 2 is 1.79 bits per heavy atom. The zero-order valence-electron chi connectivity index (χ0n) is 14.0. The van der Waals surface area contributed by atoms with Crippen molar-refractivity contribution in [1.29, 1.82) is 0 Å². The predicted octanol–water partition coefficient (Wildman–Crippen LogP) is 3.68. The molecule has 1 atom stereocenters. The van der Waals surface area contributed by atoms with Crippen LogP contribution in [0.3, 0.4) is 0 Å². The second kappa shape index (κ2) is 6.97. The van der Waals surface area contributed by atoms with Crippen LogP contribution in [0, 0.1) is 5.82 Å². The molecule has 0 spiro atoms. The SMILES string of the molecule is O=C(O)N1CCc2ccc(OS(=O)(=O)C(F)(F)F)cc2[C@@H]1c1ccc(F)cc1. The van der Waals surface area contributed by atoms with E-state index in [-0.39, 0.29) is 18.5 Å². The summed E-state index contributed by atoms with van der Waals surface area (Å²) in [5, 5.41) is 9.49. The molecule has 0 aromatic heterocycles. The summed E-state index contributed by atoms with van der Waals surface area (Å²) >= 11 is 0. The monoisotopic (exact) mass is 419 g/mol. The summed E-state index contributed by atoms with van der Waals surface area (Å²) < 4.78 is 77.6. The van der Waals surface area contributed by atoms with Crippen molar-refractivity contribution < 1.29 is 40.1 Å². The van der Waals surface area contributed by atoms with Crippen LogP contribution in [-0.2, 0) is 16.5 Å². The Balaban J connectivity index is 2.08. The number of rotatable bonds is 3. The van der Waals surface area contributed by atoms with Crippen LogP contribution >= 0.6 is 0 Å². The van der Waals surface area contributed by atoms with Crippen molar-refractivity contribution in [2.75, 3.05) is 6.54 Å². The van der Waals surface area contributed by atoms with E-state index >= 15 is 0 Å². The van der Waals surface area contributed by atoms with Gasteiger partial charge in [-0.05, 0) is 47.4 Å². The molecule has 0 aliphatic carbocycles. The summed E-state index contributed by atoms with van der Waals surface area (Å²) in [6.45, 7) is 0.103. The molecule has 1 amide bonds. The van der Waals surface area contributed by atoms with Crippen LogP contribution in [0.25, 0.3) is 0 Å². The molecular formula is C17H13F4NO5S. The smallest absolute Gasteiger partial charge is 0.465 e. The second-order valence-corrected chi connectivity index (χ2v) is 7.56. The van der Waals surface area contributed by atoms with Gasteiger partial charge in [0, 0.05) is 6.54 Å².